The maximum atomic E-state index is 11.9. The molecule has 2 heteroatoms. The van der Waals surface area contributed by atoms with Crippen molar-refractivity contribution in [2.75, 3.05) is 0 Å². The summed E-state index contributed by atoms with van der Waals surface area (Å²) < 4.78 is 0. The lowest BCUT2D eigenvalue weighted by Crippen LogP contribution is -2.36. The van der Waals surface area contributed by atoms with Gasteiger partial charge in [0.2, 0.25) is 0 Å². The second-order valence-corrected chi connectivity index (χ2v) is 5.33. The van der Waals surface area contributed by atoms with Gasteiger partial charge in [-0.2, -0.15) is 0 Å². The first-order valence-corrected chi connectivity index (χ1v) is 6.12. The Morgan fingerprint density at radius 3 is 2.59 bits per heavy atom. The minimum atomic E-state index is 0.0138. The molecule has 0 bridgehead atoms. The molecule has 17 heavy (non-hydrogen) atoms. The number of nitrogens with one attached hydrogen (secondary N) is 1. The maximum absolute atomic E-state index is 11.9. The zero-order chi connectivity index (χ0) is 12.3. The molecule has 1 atom stereocenters. The summed E-state index contributed by atoms with van der Waals surface area (Å²) in [5, 5.41) is 3.05. The van der Waals surface area contributed by atoms with Crippen molar-refractivity contribution < 1.29 is 4.79 Å². The summed E-state index contributed by atoms with van der Waals surface area (Å²) in [7, 11) is 0. The molecule has 2 rings (SSSR count). The molecule has 0 aliphatic heterocycles. The van der Waals surface area contributed by atoms with E-state index >= 15 is 0 Å². The monoisotopic (exact) mass is 229 g/mol. The van der Waals surface area contributed by atoms with Gasteiger partial charge in [0.25, 0.3) is 5.91 Å². The maximum Gasteiger partial charge on any atom is 0.251 e. The van der Waals surface area contributed by atoms with Crippen LogP contribution in [0.2, 0.25) is 0 Å². The van der Waals surface area contributed by atoms with Gasteiger partial charge in [-0.05, 0) is 30.4 Å². The lowest BCUT2D eigenvalue weighted by molar-refractivity contribution is 0.0939. The summed E-state index contributed by atoms with van der Waals surface area (Å²) >= 11 is 0. The van der Waals surface area contributed by atoms with E-state index in [1.807, 2.05) is 30.3 Å². The average molecular weight is 229 g/mol. The van der Waals surface area contributed by atoms with Gasteiger partial charge in [0.1, 0.15) is 0 Å². The van der Waals surface area contributed by atoms with Crippen molar-refractivity contribution in [2.45, 2.75) is 32.7 Å². The van der Waals surface area contributed by atoms with Gasteiger partial charge >= 0.3 is 0 Å². The largest absolute Gasteiger partial charge is 0.346 e. The second-order valence-electron chi connectivity index (χ2n) is 5.33. The predicted molar refractivity (Wildman–Crippen MR) is 69.9 cm³/mol. The first kappa shape index (κ1) is 11.9. The molecule has 1 unspecified atom stereocenters. The molecular weight excluding hydrogens is 210 g/mol. The molecule has 1 aliphatic rings. The molecule has 90 valence electrons. The Hall–Kier alpha value is -1.57. The van der Waals surface area contributed by atoms with Crippen molar-refractivity contribution in [3.05, 3.63) is 48.0 Å². The Bertz CT molecular complexity index is 420. The van der Waals surface area contributed by atoms with E-state index in [0.717, 1.165) is 18.4 Å². The van der Waals surface area contributed by atoms with Crippen molar-refractivity contribution in [3.8, 4) is 0 Å². The SMILES string of the molecule is CC1(C)C=CC(NC(=O)c2ccccc2)CC1. The summed E-state index contributed by atoms with van der Waals surface area (Å²) in [5.74, 6) is 0.0138. The van der Waals surface area contributed by atoms with Gasteiger partial charge in [0.15, 0.2) is 0 Å². The summed E-state index contributed by atoms with van der Waals surface area (Å²) in [6.07, 6.45) is 6.45. The van der Waals surface area contributed by atoms with Crippen LogP contribution in [0, 0.1) is 5.41 Å². The normalized spacial score (nSPS) is 22.1. The van der Waals surface area contributed by atoms with Crippen LogP contribution in [0.4, 0.5) is 0 Å². The van der Waals surface area contributed by atoms with Gasteiger partial charge in [-0.3, -0.25) is 4.79 Å². The molecule has 0 radical (unpaired) electrons. The van der Waals surface area contributed by atoms with Crippen LogP contribution < -0.4 is 5.32 Å². The molecule has 1 aliphatic carbocycles. The quantitative estimate of drug-likeness (QED) is 0.775. The Kier molecular flexibility index (Phi) is 3.32. The molecule has 0 fully saturated rings. The molecule has 1 aromatic rings. The fourth-order valence-electron chi connectivity index (χ4n) is 2.05. The fourth-order valence-corrected chi connectivity index (χ4v) is 2.05. The Morgan fingerprint density at radius 1 is 1.29 bits per heavy atom. The number of hydrogen-bond acceptors (Lipinski definition) is 1. The summed E-state index contributed by atoms with van der Waals surface area (Å²) in [6, 6.07) is 9.54. The number of carbonyl (C=O) groups excluding carboxylic acids is 1. The van der Waals surface area contributed by atoms with Gasteiger partial charge in [0.05, 0.1) is 0 Å². The zero-order valence-electron chi connectivity index (χ0n) is 10.4. The zero-order valence-corrected chi connectivity index (χ0v) is 10.4. The topological polar surface area (TPSA) is 29.1 Å². The molecule has 1 N–H and O–H groups in total. The highest BCUT2D eigenvalue weighted by molar-refractivity contribution is 5.94. The highest BCUT2D eigenvalue weighted by Crippen LogP contribution is 2.29. The predicted octanol–water partition coefficient (Wildman–Crippen LogP) is 3.16. The Balaban J connectivity index is 1.97. The van der Waals surface area contributed by atoms with Gasteiger partial charge in [-0.15, -0.1) is 0 Å². The van der Waals surface area contributed by atoms with E-state index in [-0.39, 0.29) is 17.4 Å². The van der Waals surface area contributed by atoms with E-state index in [0.29, 0.717) is 0 Å². The van der Waals surface area contributed by atoms with Crippen LogP contribution in [0.5, 0.6) is 0 Å². The van der Waals surface area contributed by atoms with Crippen molar-refractivity contribution in [1.82, 2.24) is 5.32 Å². The molecule has 1 amide bonds. The average Bonchev–Trinajstić information content (AvgIpc) is 2.33. The third-order valence-electron chi connectivity index (χ3n) is 3.23. The minimum absolute atomic E-state index is 0.0138. The molecular formula is C15H19NO. The van der Waals surface area contributed by atoms with Crippen LogP contribution in [0.3, 0.4) is 0 Å². The number of carbonyl (C=O) groups is 1. The van der Waals surface area contributed by atoms with Crippen molar-refractivity contribution in [1.29, 1.82) is 0 Å². The smallest absolute Gasteiger partial charge is 0.251 e. The highest BCUT2D eigenvalue weighted by Gasteiger charge is 2.22. The Labute approximate surface area is 103 Å². The summed E-state index contributed by atoms with van der Waals surface area (Å²) in [5.41, 5.74) is 0.999. The van der Waals surface area contributed by atoms with Crippen molar-refractivity contribution in [2.24, 2.45) is 5.41 Å². The first-order valence-electron chi connectivity index (χ1n) is 6.12. The van der Waals surface area contributed by atoms with E-state index in [1.54, 1.807) is 0 Å². The molecule has 0 aromatic heterocycles. The molecule has 0 saturated heterocycles. The fraction of sp³-hybridized carbons (Fsp3) is 0.400. The lowest BCUT2D eigenvalue weighted by Gasteiger charge is -2.28. The van der Waals surface area contributed by atoms with Crippen LogP contribution >= 0.6 is 0 Å². The summed E-state index contributed by atoms with van der Waals surface area (Å²) in [6.45, 7) is 4.44. The number of benzene rings is 1. The molecule has 0 heterocycles. The van der Waals surface area contributed by atoms with E-state index < -0.39 is 0 Å². The number of allylic oxidation sites excluding steroid dienone is 1. The highest BCUT2D eigenvalue weighted by atomic mass is 16.1. The van der Waals surface area contributed by atoms with E-state index in [4.69, 9.17) is 0 Å². The number of rotatable bonds is 2. The van der Waals surface area contributed by atoms with Crippen LogP contribution in [-0.4, -0.2) is 11.9 Å². The van der Waals surface area contributed by atoms with E-state index in [9.17, 15) is 4.79 Å². The van der Waals surface area contributed by atoms with Gasteiger partial charge in [-0.1, -0.05) is 44.2 Å². The van der Waals surface area contributed by atoms with Gasteiger partial charge in [-0.25, -0.2) is 0 Å². The molecule has 0 saturated carbocycles. The molecule has 1 aromatic carbocycles. The standard InChI is InChI=1S/C15H19NO/c1-15(2)10-8-13(9-11-15)16-14(17)12-6-4-3-5-7-12/h3-8,10,13H,9,11H2,1-2H3,(H,16,17). The second kappa shape index (κ2) is 4.74. The Morgan fingerprint density at radius 2 is 2.00 bits per heavy atom. The first-order chi connectivity index (χ1) is 8.07. The van der Waals surface area contributed by atoms with E-state index in [2.05, 4.69) is 31.3 Å². The van der Waals surface area contributed by atoms with E-state index in [1.165, 1.54) is 0 Å². The third-order valence-corrected chi connectivity index (χ3v) is 3.23. The van der Waals surface area contributed by atoms with Crippen LogP contribution in [0.1, 0.15) is 37.0 Å². The number of amides is 1. The number of hydrogen-bond donors (Lipinski definition) is 1. The van der Waals surface area contributed by atoms with Gasteiger partial charge in [0, 0.05) is 11.6 Å². The lowest BCUT2D eigenvalue weighted by atomic mass is 9.81. The third kappa shape index (κ3) is 3.19. The molecule has 0 spiro atoms. The van der Waals surface area contributed by atoms with Crippen LogP contribution in [-0.2, 0) is 0 Å². The summed E-state index contributed by atoms with van der Waals surface area (Å²) in [4.78, 5) is 11.9. The van der Waals surface area contributed by atoms with Crippen LogP contribution in [0.25, 0.3) is 0 Å². The minimum Gasteiger partial charge on any atom is -0.346 e. The van der Waals surface area contributed by atoms with Crippen molar-refractivity contribution in [3.63, 3.8) is 0 Å². The van der Waals surface area contributed by atoms with Crippen LogP contribution in [0.15, 0.2) is 42.5 Å². The van der Waals surface area contributed by atoms with Gasteiger partial charge < -0.3 is 5.32 Å². The van der Waals surface area contributed by atoms with Crippen molar-refractivity contribution >= 4 is 5.91 Å². The molecule has 2 nitrogen and oxygen atoms in total.